The number of carbonyl (C=O) groups is 6. The maximum absolute atomic E-state index is 12.5. The van der Waals surface area contributed by atoms with Gasteiger partial charge in [0.1, 0.15) is 18.1 Å². The normalized spacial score (nSPS) is 14.3. The highest BCUT2D eigenvalue weighted by Crippen LogP contribution is 2.03. The molecule has 4 amide bonds. The van der Waals surface area contributed by atoms with Crippen molar-refractivity contribution in [1.82, 2.24) is 16.0 Å². The molecule has 0 rings (SSSR count). The average Bonchev–Trinajstić information content (AvgIpc) is 2.68. The highest BCUT2D eigenvalue weighted by Gasteiger charge is 2.28. The quantitative estimate of drug-likeness (QED) is 0.107. The fraction of sp³-hybridized carbons (Fsp3) is 0.667. The minimum atomic E-state index is -1.44. The van der Waals surface area contributed by atoms with Crippen LogP contribution in [0.2, 0.25) is 0 Å². The van der Waals surface area contributed by atoms with Gasteiger partial charge in [-0.15, -0.1) is 0 Å². The van der Waals surface area contributed by atoms with E-state index in [0.717, 1.165) is 0 Å². The van der Waals surface area contributed by atoms with E-state index in [2.05, 4.69) is 16.0 Å². The van der Waals surface area contributed by atoms with Gasteiger partial charge in [-0.3, -0.25) is 24.0 Å². The van der Waals surface area contributed by atoms with Crippen LogP contribution in [0.1, 0.15) is 45.4 Å². The van der Waals surface area contributed by atoms with Gasteiger partial charge in [-0.2, -0.15) is 0 Å². The van der Waals surface area contributed by atoms with Crippen LogP contribution in [0.3, 0.4) is 0 Å². The van der Waals surface area contributed by atoms with Crippen LogP contribution in [0.15, 0.2) is 0 Å². The van der Waals surface area contributed by atoms with Crippen LogP contribution in [0.5, 0.6) is 0 Å². The predicted octanol–water partition coefficient (Wildman–Crippen LogP) is -3.26. The Kier molecular flexibility index (Phi) is 13.2. The Balaban J connectivity index is 5.09. The first-order valence-electron chi connectivity index (χ1n) is 9.98. The van der Waals surface area contributed by atoms with Gasteiger partial charge in [0.25, 0.3) is 0 Å². The summed E-state index contributed by atoms with van der Waals surface area (Å²) in [5, 5.41) is 24.8. The molecule has 0 saturated heterocycles. The van der Waals surface area contributed by atoms with Crippen LogP contribution >= 0.6 is 0 Å². The second kappa shape index (κ2) is 14.7. The number of amides is 4. The summed E-state index contributed by atoms with van der Waals surface area (Å²) in [7, 11) is 0. The van der Waals surface area contributed by atoms with Crippen LogP contribution in [-0.2, 0) is 28.8 Å². The first-order valence-corrected chi connectivity index (χ1v) is 9.98. The van der Waals surface area contributed by atoms with Gasteiger partial charge in [0, 0.05) is 6.42 Å². The minimum absolute atomic E-state index is 0.150. The van der Waals surface area contributed by atoms with E-state index in [1.54, 1.807) is 0 Å². The molecule has 0 aromatic carbocycles. The molecule has 14 heteroatoms. The van der Waals surface area contributed by atoms with Crippen LogP contribution in [-0.4, -0.2) is 76.5 Å². The molecule has 14 nitrogen and oxygen atoms in total. The number of aliphatic carboxylic acids is 2. The van der Waals surface area contributed by atoms with E-state index >= 15 is 0 Å². The van der Waals surface area contributed by atoms with Crippen molar-refractivity contribution in [2.24, 2.45) is 17.2 Å². The number of carboxylic acid groups (broad SMARTS) is 2. The van der Waals surface area contributed by atoms with Gasteiger partial charge in [0.15, 0.2) is 0 Å². The molecule has 0 fully saturated rings. The second-order valence-corrected chi connectivity index (χ2v) is 7.18. The van der Waals surface area contributed by atoms with E-state index in [0.29, 0.717) is 19.4 Å². The number of nitrogens with two attached hydrogens (primary N) is 3. The fourth-order valence-electron chi connectivity index (χ4n) is 2.54. The largest absolute Gasteiger partial charge is 0.481 e. The highest BCUT2D eigenvalue weighted by atomic mass is 16.4. The topological polar surface area (TPSA) is 257 Å². The van der Waals surface area contributed by atoms with Crippen molar-refractivity contribution in [3.05, 3.63) is 0 Å². The molecule has 0 aromatic heterocycles. The molecular formula is C18H32N6O8. The van der Waals surface area contributed by atoms with Crippen LogP contribution < -0.4 is 33.2 Å². The summed E-state index contributed by atoms with van der Waals surface area (Å²) >= 11 is 0. The number of unbranched alkanes of at least 4 members (excludes halogenated alkanes) is 1. The molecular weight excluding hydrogens is 428 g/mol. The summed E-state index contributed by atoms with van der Waals surface area (Å²) in [6.45, 7) is 1.68. The molecule has 4 unspecified atom stereocenters. The first-order chi connectivity index (χ1) is 14.9. The lowest BCUT2D eigenvalue weighted by molar-refractivity contribution is -0.142. The van der Waals surface area contributed by atoms with E-state index in [1.807, 2.05) is 0 Å². The molecule has 0 aliphatic carbocycles. The van der Waals surface area contributed by atoms with E-state index in [4.69, 9.17) is 22.3 Å². The van der Waals surface area contributed by atoms with Crippen molar-refractivity contribution < 1.29 is 39.0 Å². The molecule has 0 aliphatic rings. The molecule has 4 atom stereocenters. The maximum atomic E-state index is 12.5. The van der Waals surface area contributed by atoms with Gasteiger partial charge in [0.05, 0.1) is 12.5 Å². The summed E-state index contributed by atoms with van der Waals surface area (Å²) in [5.41, 5.74) is 15.9. The number of rotatable bonds is 16. The van der Waals surface area contributed by atoms with E-state index < -0.39 is 66.2 Å². The van der Waals surface area contributed by atoms with Crippen molar-refractivity contribution in [2.45, 2.75) is 69.6 Å². The lowest BCUT2D eigenvalue weighted by Gasteiger charge is -2.23. The number of carboxylic acids is 2. The first kappa shape index (κ1) is 28.7. The Morgan fingerprint density at radius 1 is 0.844 bits per heavy atom. The summed E-state index contributed by atoms with van der Waals surface area (Å²) in [4.78, 5) is 70.0. The third-order valence-corrected chi connectivity index (χ3v) is 4.36. The van der Waals surface area contributed by atoms with Crippen molar-refractivity contribution in [1.29, 1.82) is 0 Å². The van der Waals surface area contributed by atoms with Crippen molar-refractivity contribution in [3.8, 4) is 0 Å². The van der Waals surface area contributed by atoms with Gasteiger partial charge in [-0.05, 0) is 39.2 Å². The van der Waals surface area contributed by atoms with E-state index in [-0.39, 0.29) is 19.3 Å². The Morgan fingerprint density at radius 2 is 1.44 bits per heavy atom. The van der Waals surface area contributed by atoms with Gasteiger partial charge >= 0.3 is 11.9 Å². The molecule has 0 aromatic rings. The van der Waals surface area contributed by atoms with Crippen molar-refractivity contribution in [2.75, 3.05) is 6.54 Å². The smallest absolute Gasteiger partial charge is 0.326 e. The molecule has 0 bridgehead atoms. The number of nitrogens with one attached hydrogen (secondary N) is 3. The fourth-order valence-corrected chi connectivity index (χ4v) is 2.54. The number of primary amides is 1. The zero-order chi connectivity index (χ0) is 24.8. The SMILES string of the molecule is CC(NC(=O)C(CCC(N)=O)NC(=O)C(N)CC(=O)O)C(=O)NC(CCCCN)C(=O)O. The molecule has 0 saturated carbocycles. The molecule has 0 spiro atoms. The summed E-state index contributed by atoms with van der Waals surface area (Å²) in [6, 6.07) is -5.13. The van der Waals surface area contributed by atoms with Gasteiger partial charge in [0.2, 0.25) is 23.6 Å². The van der Waals surface area contributed by atoms with Crippen molar-refractivity contribution in [3.63, 3.8) is 0 Å². The third kappa shape index (κ3) is 11.8. The monoisotopic (exact) mass is 460 g/mol. The summed E-state index contributed by atoms with van der Waals surface area (Å²) in [5.74, 6) is -5.90. The van der Waals surface area contributed by atoms with Gasteiger partial charge < -0.3 is 43.4 Å². The predicted molar refractivity (Wildman–Crippen MR) is 111 cm³/mol. The standard InChI is InChI=1S/C18H32N6O8/c1-9(15(28)24-12(18(31)32)4-2-3-7-19)22-17(30)11(5-6-13(21)25)23-16(29)10(20)8-14(26)27/h9-12H,2-8,19-20H2,1H3,(H2,21,25)(H,22,30)(H,23,29)(H,24,28)(H,26,27)(H,31,32). The van der Waals surface area contributed by atoms with Crippen LogP contribution in [0.25, 0.3) is 0 Å². The van der Waals surface area contributed by atoms with E-state index in [1.165, 1.54) is 6.92 Å². The molecule has 182 valence electrons. The van der Waals surface area contributed by atoms with Gasteiger partial charge in [-0.1, -0.05) is 0 Å². The lowest BCUT2D eigenvalue weighted by atomic mass is 10.1. The van der Waals surface area contributed by atoms with Crippen molar-refractivity contribution >= 4 is 35.6 Å². The number of hydrogen-bond acceptors (Lipinski definition) is 8. The Bertz CT molecular complexity index is 701. The van der Waals surface area contributed by atoms with E-state index in [9.17, 15) is 33.9 Å². The molecule has 0 aliphatic heterocycles. The number of hydrogen-bond donors (Lipinski definition) is 8. The molecule has 11 N–H and O–H groups in total. The minimum Gasteiger partial charge on any atom is -0.481 e. The summed E-state index contributed by atoms with van der Waals surface area (Å²) in [6.07, 6.45) is 0.0178. The lowest BCUT2D eigenvalue weighted by Crippen LogP contribution is -2.56. The average molecular weight is 460 g/mol. The molecule has 0 radical (unpaired) electrons. The second-order valence-electron chi connectivity index (χ2n) is 7.18. The highest BCUT2D eigenvalue weighted by molar-refractivity contribution is 5.94. The van der Waals surface area contributed by atoms with Crippen LogP contribution in [0.4, 0.5) is 0 Å². The summed E-state index contributed by atoms with van der Waals surface area (Å²) < 4.78 is 0. The van der Waals surface area contributed by atoms with Crippen LogP contribution in [0, 0.1) is 0 Å². The number of carbonyl (C=O) groups excluding carboxylic acids is 4. The zero-order valence-corrected chi connectivity index (χ0v) is 17.8. The Hall–Kier alpha value is -3.26. The van der Waals surface area contributed by atoms with Gasteiger partial charge in [-0.25, -0.2) is 4.79 Å². The Labute approximate surface area is 184 Å². The Morgan fingerprint density at radius 3 is 1.94 bits per heavy atom. The molecule has 32 heavy (non-hydrogen) atoms. The molecule has 0 heterocycles. The maximum Gasteiger partial charge on any atom is 0.326 e. The third-order valence-electron chi connectivity index (χ3n) is 4.36. The zero-order valence-electron chi connectivity index (χ0n) is 17.8.